The molecule has 0 radical (unpaired) electrons. The second-order valence-electron chi connectivity index (χ2n) is 6.70. The van der Waals surface area contributed by atoms with Gasteiger partial charge in [0.1, 0.15) is 5.03 Å². The second-order valence-corrected chi connectivity index (χ2v) is 7.79. The lowest BCUT2D eigenvalue weighted by Crippen LogP contribution is -2.21. The number of rotatable bonds is 4. The summed E-state index contributed by atoms with van der Waals surface area (Å²) >= 11 is 1.64. The van der Waals surface area contributed by atoms with E-state index in [-0.39, 0.29) is 0 Å². The predicted octanol–water partition coefficient (Wildman–Crippen LogP) is 5.16. The highest BCUT2D eigenvalue weighted by Gasteiger charge is 2.11. The maximum atomic E-state index is 5.80. The molecule has 4 N–H and O–H groups in total. The van der Waals surface area contributed by atoms with Crippen molar-refractivity contribution in [1.29, 1.82) is 0 Å². The van der Waals surface area contributed by atoms with Gasteiger partial charge in [0.25, 0.3) is 0 Å². The van der Waals surface area contributed by atoms with Crippen LogP contribution in [0.1, 0.15) is 13.8 Å². The van der Waals surface area contributed by atoms with Crippen LogP contribution in [-0.2, 0) is 0 Å². The first-order valence-corrected chi connectivity index (χ1v) is 9.72. The van der Waals surface area contributed by atoms with Gasteiger partial charge in [0.2, 0.25) is 0 Å². The average molecular weight is 375 g/mol. The maximum absolute atomic E-state index is 5.80. The molecular weight excluding hydrogens is 352 g/mol. The lowest BCUT2D eigenvalue weighted by Gasteiger charge is -2.20. The number of nitrogen functional groups attached to an aromatic ring is 1. The quantitative estimate of drug-likeness (QED) is 0.551. The first-order valence-electron chi connectivity index (χ1n) is 8.90. The Hall–Kier alpha value is -2.92. The van der Waals surface area contributed by atoms with E-state index in [4.69, 9.17) is 10.7 Å². The van der Waals surface area contributed by atoms with E-state index >= 15 is 0 Å². The minimum absolute atomic E-state index is 0.767. The van der Waals surface area contributed by atoms with Crippen molar-refractivity contribution in [2.75, 3.05) is 17.6 Å². The Labute approximate surface area is 163 Å². The highest BCUT2D eigenvalue weighted by atomic mass is 32.2. The van der Waals surface area contributed by atoms with Crippen LogP contribution in [0.4, 0.5) is 11.4 Å². The number of benzene rings is 2. The highest BCUT2D eigenvalue weighted by Crippen LogP contribution is 2.33. The van der Waals surface area contributed by atoms with E-state index in [1.54, 1.807) is 11.8 Å². The smallest absolute Gasteiger partial charge is 0.104 e. The molecule has 0 atom stereocenters. The first kappa shape index (κ1) is 17.5. The summed E-state index contributed by atoms with van der Waals surface area (Å²) in [4.78, 5) is 5.95. The van der Waals surface area contributed by atoms with Crippen molar-refractivity contribution in [2.24, 2.45) is 0 Å². The molecule has 2 heterocycles. The number of hydrogen-bond donors (Lipinski definition) is 3. The summed E-state index contributed by atoms with van der Waals surface area (Å²) in [5.41, 5.74) is 12.2. The number of para-hydroxylation sites is 1. The van der Waals surface area contributed by atoms with Crippen molar-refractivity contribution >= 4 is 34.0 Å². The van der Waals surface area contributed by atoms with Crippen LogP contribution in [0.5, 0.6) is 0 Å². The summed E-state index contributed by atoms with van der Waals surface area (Å²) in [5.74, 6) is 0. The number of nitrogens with one attached hydrogen (secondary N) is 2. The van der Waals surface area contributed by atoms with Crippen LogP contribution in [-0.4, -0.2) is 11.5 Å². The van der Waals surface area contributed by atoms with Crippen LogP contribution in [0.2, 0.25) is 0 Å². The summed E-state index contributed by atoms with van der Waals surface area (Å²) in [6.45, 7) is 5.09. The van der Waals surface area contributed by atoms with Crippen molar-refractivity contribution in [1.82, 2.24) is 10.3 Å². The van der Waals surface area contributed by atoms with Gasteiger partial charge in [0.05, 0.1) is 11.2 Å². The monoisotopic (exact) mass is 374 g/mol. The number of fused-ring (bicyclic) bond motifs is 1. The Kier molecular flexibility index (Phi) is 4.77. The molecule has 0 aliphatic carbocycles. The number of pyridine rings is 1. The number of allylic oxidation sites excluding steroid dienone is 2. The van der Waals surface area contributed by atoms with Crippen molar-refractivity contribution in [3.63, 3.8) is 0 Å². The predicted molar refractivity (Wildman–Crippen MR) is 115 cm³/mol. The number of nitrogens with two attached hydrogens (primary N) is 1. The Morgan fingerprint density at radius 2 is 1.85 bits per heavy atom. The summed E-state index contributed by atoms with van der Waals surface area (Å²) in [7, 11) is 0. The number of anilines is 2. The molecule has 1 aliphatic rings. The topological polar surface area (TPSA) is 63.0 Å². The normalized spacial score (nSPS) is 14.1. The van der Waals surface area contributed by atoms with Crippen molar-refractivity contribution in [3.05, 3.63) is 77.6 Å². The second kappa shape index (κ2) is 7.37. The fourth-order valence-electron chi connectivity index (χ4n) is 3.01. The van der Waals surface area contributed by atoms with Gasteiger partial charge in [-0.15, -0.1) is 0 Å². The molecule has 0 bridgehead atoms. The minimum Gasteiger partial charge on any atom is -0.399 e. The maximum Gasteiger partial charge on any atom is 0.104 e. The standard InChI is InChI=1S/C22H22N4S/c1-14-13-24-15(2)11-20(14)25-21-12-22(26-19-6-4-3-5-18(19)21)27-17-9-7-16(23)8-10-17/h3-12,24H,13,23H2,1-2H3,(H,25,26). The van der Waals surface area contributed by atoms with E-state index in [1.807, 2.05) is 36.4 Å². The van der Waals surface area contributed by atoms with E-state index in [9.17, 15) is 0 Å². The minimum atomic E-state index is 0.767. The molecule has 0 fully saturated rings. The van der Waals surface area contributed by atoms with Gasteiger partial charge >= 0.3 is 0 Å². The van der Waals surface area contributed by atoms with Crippen LogP contribution < -0.4 is 16.4 Å². The number of nitrogens with zero attached hydrogens (tertiary/aromatic N) is 1. The van der Waals surface area contributed by atoms with E-state index in [2.05, 4.69) is 48.8 Å². The van der Waals surface area contributed by atoms with E-state index in [0.717, 1.165) is 50.1 Å². The van der Waals surface area contributed by atoms with Crippen LogP contribution >= 0.6 is 11.8 Å². The zero-order valence-electron chi connectivity index (χ0n) is 15.4. The number of aromatic nitrogens is 1. The molecule has 0 unspecified atom stereocenters. The summed E-state index contributed by atoms with van der Waals surface area (Å²) in [6, 6.07) is 18.2. The average Bonchev–Trinajstić information content (AvgIpc) is 2.66. The molecule has 27 heavy (non-hydrogen) atoms. The van der Waals surface area contributed by atoms with E-state index < -0.39 is 0 Å². The Balaban J connectivity index is 1.73. The van der Waals surface area contributed by atoms with Gasteiger partial charge in [-0.2, -0.15) is 0 Å². The van der Waals surface area contributed by atoms with Gasteiger partial charge in [-0.3, -0.25) is 0 Å². The molecule has 4 nitrogen and oxygen atoms in total. The Morgan fingerprint density at radius 1 is 1.07 bits per heavy atom. The Bertz CT molecular complexity index is 1050. The van der Waals surface area contributed by atoms with E-state index in [1.165, 1.54) is 5.57 Å². The van der Waals surface area contributed by atoms with Crippen molar-refractivity contribution < 1.29 is 0 Å². The fraction of sp³-hybridized carbons (Fsp3) is 0.136. The summed E-state index contributed by atoms with van der Waals surface area (Å²) < 4.78 is 0. The molecule has 1 aliphatic heterocycles. The van der Waals surface area contributed by atoms with Gasteiger partial charge in [-0.25, -0.2) is 4.98 Å². The zero-order chi connectivity index (χ0) is 18.8. The van der Waals surface area contributed by atoms with Gasteiger partial charge in [-0.05, 0) is 61.9 Å². The van der Waals surface area contributed by atoms with E-state index in [0.29, 0.717) is 0 Å². The number of dihydropyridines is 1. The van der Waals surface area contributed by atoms with Crippen LogP contribution in [0.25, 0.3) is 10.9 Å². The van der Waals surface area contributed by atoms with Crippen molar-refractivity contribution in [3.8, 4) is 0 Å². The van der Waals surface area contributed by atoms with Gasteiger partial charge in [0.15, 0.2) is 0 Å². The molecule has 0 saturated carbocycles. The lowest BCUT2D eigenvalue weighted by atomic mass is 10.1. The molecule has 136 valence electrons. The zero-order valence-corrected chi connectivity index (χ0v) is 16.2. The molecule has 0 saturated heterocycles. The van der Waals surface area contributed by atoms with Crippen LogP contribution in [0.15, 0.2) is 87.6 Å². The van der Waals surface area contributed by atoms with Crippen molar-refractivity contribution in [2.45, 2.75) is 23.8 Å². The third-order valence-electron chi connectivity index (χ3n) is 4.52. The van der Waals surface area contributed by atoms with Gasteiger partial charge in [0, 0.05) is 33.9 Å². The molecule has 4 rings (SSSR count). The third-order valence-corrected chi connectivity index (χ3v) is 5.44. The summed E-state index contributed by atoms with van der Waals surface area (Å²) in [6.07, 6.45) is 2.15. The molecule has 2 aromatic carbocycles. The molecule has 5 heteroatoms. The number of hydrogen-bond acceptors (Lipinski definition) is 5. The molecule has 3 aromatic rings. The first-order chi connectivity index (χ1) is 13.1. The molecular formula is C22H22N4S. The SMILES string of the molecule is CC1=CC(Nc2cc(Sc3ccc(N)cc3)nc3ccccc23)=C(C)CN1. The summed E-state index contributed by atoms with van der Waals surface area (Å²) in [5, 5.41) is 9.07. The fourth-order valence-corrected chi connectivity index (χ4v) is 3.84. The molecule has 0 spiro atoms. The Morgan fingerprint density at radius 3 is 2.67 bits per heavy atom. The molecule has 1 aromatic heterocycles. The van der Waals surface area contributed by atoms with Gasteiger partial charge in [-0.1, -0.05) is 30.0 Å². The lowest BCUT2D eigenvalue weighted by molar-refractivity contribution is 0.841. The van der Waals surface area contributed by atoms with Crippen LogP contribution in [0.3, 0.4) is 0 Å². The van der Waals surface area contributed by atoms with Crippen LogP contribution in [0, 0.1) is 0 Å². The van der Waals surface area contributed by atoms with Gasteiger partial charge < -0.3 is 16.4 Å². The largest absolute Gasteiger partial charge is 0.399 e. The third kappa shape index (κ3) is 3.93. The highest BCUT2D eigenvalue weighted by molar-refractivity contribution is 7.99. The molecule has 0 amide bonds.